The van der Waals surface area contributed by atoms with E-state index in [0.29, 0.717) is 0 Å². The minimum absolute atomic E-state index is 0.111. The smallest absolute Gasteiger partial charge is 0.0705 e. The lowest BCUT2D eigenvalue weighted by Crippen LogP contribution is -2.37. The first-order chi connectivity index (χ1) is 8.38. The third-order valence-corrected chi connectivity index (χ3v) is 3.54. The van der Waals surface area contributed by atoms with E-state index in [1.807, 2.05) is 12.1 Å². The van der Waals surface area contributed by atoms with Gasteiger partial charge in [-0.1, -0.05) is 39.0 Å². The molecule has 1 unspecified atom stereocenters. The molecule has 1 aromatic carbocycles. The number of aryl methyl sites for hydroxylation is 1. The maximum atomic E-state index is 6.26. The van der Waals surface area contributed by atoms with Gasteiger partial charge in [-0.3, -0.25) is 4.98 Å². The van der Waals surface area contributed by atoms with Crippen molar-refractivity contribution in [2.24, 2.45) is 11.1 Å². The summed E-state index contributed by atoms with van der Waals surface area (Å²) in [5.74, 6) is 0. The third-order valence-electron chi connectivity index (χ3n) is 3.54. The van der Waals surface area contributed by atoms with Crippen LogP contribution in [0.5, 0.6) is 0 Å². The number of hydrogen-bond donors (Lipinski definition) is 1. The molecule has 2 rings (SSSR count). The first kappa shape index (κ1) is 13.0. The third kappa shape index (κ3) is 2.70. The van der Waals surface area contributed by atoms with Gasteiger partial charge < -0.3 is 5.73 Å². The Balaban J connectivity index is 2.36. The maximum Gasteiger partial charge on any atom is 0.0705 e. The van der Waals surface area contributed by atoms with Crippen molar-refractivity contribution < 1.29 is 0 Å². The van der Waals surface area contributed by atoms with Crippen molar-refractivity contribution in [3.8, 4) is 0 Å². The summed E-state index contributed by atoms with van der Waals surface area (Å²) in [5.41, 5.74) is 9.77. The van der Waals surface area contributed by atoms with Crippen LogP contribution >= 0.6 is 0 Å². The molecule has 0 bridgehead atoms. The largest absolute Gasteiger partial charge is 0.327 e. The molecule has 0 radical (unpaired) electrons. The Hall–Kier alpha value is -1.41. The molecule has 0 saturated carbocycles. The summed E-state index contributed by atoms with van der Waals surface area (Å²) >= 11 is 0. The molecule has 1 atom stereocenters. The summed E-state index contributed by atoms with van der Waals surface area (Å²) in [6.07, 6.45) is 0.833. The SMILES string of the molecule is Cc1cc2ccccc2nc1CC(N)C(C)(C)C. The molecule has 18 heavy (non-hydrogen) atoms. The van der Waals surface area contributed by atoms with Gasteiger partial charge in [0.15, 0.2) is 0 Å². The van der Waals surface area contributed by atoms with Crippen molar-refractivity contribution in [3.05, 3.63) is 41.6 Å². The predicted octanol–water partition coefficient (Wildman–Crippen LogP) is 3.46. The fraction of sp³-hybridized carbons (Fsp3) is 0.438. The number of hydrogen-bond acceptors (Lipinski definition) is 2. The average Bonchev–Trinajstić information content (AvgIpc) is 2.28. The molecule has 96 valence electrons. The van der Waals surface area contributed by atoms with Crippen LogP contribution in [-0.2, 0) is 6.42 Å². The Labute approximate surface area is 109 Å². The van der Waals surface area contributed by atoms with Crippen molar-refractivity contribution in [2.75, 3.05) is 0 Å². The van der Waals surface area contributed by atoms with Gasteiger partial charge in [0.2, 0.25) is 0 Å². The minimum atomic E-state index is 0.111. The molecule has 0 saturated heterocycles. The highest BCUT2D eigenvalue weighted by Crippen LogP contribution is 2.23. The number of fused-ring (bicyclic) bond motifs is 1. The number of nitrogens with two attached hydrogens (primary N) is 1. The van der Waals surface area contributed by atoms with E-state index in [-0.39, 0.29) is 11.5 Å². The Morgan fingerprint density at radius 2 is 1.89 bits per heavy atom. The van der Waals surface area contributed by atoms with E-state index in [1.54, 1.807) is 0 Å². The van der Waals surface area contributed by atoms with Crippen LogP contribution in [0.2, 0.25) is 0 Å². The first-order valence-corrected chi connectivity index (χ1v) is 6.49. The maximum absolute atomic E-state index is 6.26. The van der Waals surface area contributed by atoms with Gasteiger partial charge in [0, 0.05) is 23.5 Å². The van der Waals surface area contributed by atoms with Crippen molar-refractivity contribution in [1.82, 2.24) is 4.98 Å². The lowest BCUT2D eigenvalue weighted by molar-refractivity contribution is 0.317. The molecule has 0 aliphatic carbocycles. The second kappa shape index (κ2) is 4.69. The molecule has 0 amide bonds. The number of aromatic nitrogens is 1. The van der Waals surface area contributed by atoms with Gasteiger partial charge in [-0.15, -0.1) is 0 Å². The fourth-order valence-electron chi connectivity index (χ4n) is 1.98. The zero-order valence-corrected chi connectivity index (χ0v) is 11.7. The summed E-state index contributed by atoms with van der Waals surface area (Å²) in [5, 5.41) is 1.20. The van der Waals surface area contributed by atoms with Gasteiger partial charge in [-0.25, -0.2) is 0 Å². The highest BCUT2D eigenvalue weighted by Gasteiger charge is 2.22. The predicted molar refractivity (Wildman–Crippen MR) is 77.6 cm³/mol. The molecule has 1 heterocycles. The van der Waals surface area contributed by atoms with Gasteiger partial charge in [-0.2, -0.15) is 0 Å². The quantitative estimate of drug-likeness (QED) is 0.876. The molecule has 1 aromatic heterocycles. The van der Waals surface area contributed by atoms with E-state index in [0.717, 1.165) is 17.6 Å². The molecule has 0 aliphatic rings. The van der Waals surface area contributed by atoms with E-state index in [4.69, 9.17) is 10.7 Å². The molecule has 2 N–H and O–H groups in total. The Kier molecular flexibility index (Phi) is 3.40. The molecule has 0 fully saturated rings. The molecule has 0 aliphatic heterocycles. The van der Waals surface area contributed by atoms with E-state index in [2.05, 4.69) is 45.9 Å². The molecular weight excluding hydrogens is 220 g/mol. The minimum Gasteiger partial charge on any atom is -0.327 e. The molecule has 2 nitrogen and oxygen atoms in total. The zero-order valence-electron chi connectivity index (χ0n) is 11.7. The lowest BCUT2D eigenvalue weighted by Gasteiger charge is -2.27. The van der Waals surface area contributed by atoms with E-state index in [1.165, 1.54) is 10.9 Å². The second-order valence-corrected chi connectivity index (χ2v) is 6.12. The van der Waals surface area contributed by atoms with Crippen LogP contribution in [0, 0.1) is 12.3 Å². The lowest BCUT2D eigenvalue weighted by atomic mass is 9.84. The first-order valence-electron chi connectivity index (χ1n) is 6.49. The van der Waals surface area contributed by atoms with Gasteiger partial charge in [-0.05, 0) is 30.0 Å². The van der Waals surface area contributed by atoms with Crippen LogP contribution in [0.1, 0.15) is 32.0 Å². The fourth-order valence-corrected chi connectivity index (χ4v) is 1.98. The van der Waals surface area contributed by atoms with Crippen LogP contribution in [0.3, 0.4) is 0 Å². The highest BCUT2D eigenvalue weighted by molar-refractivity contribution is 5.79. The van der Waals surface area contributed by atoms with Gasteiger partial charge >= 0.3 is 0 Å². The molecular formula is C16H22N2. The molecule has 2 heteroatoms. The van der Waals surface area contributed by atoms with Crippen molar-refractivity contribution in [2.45, 2.75) is 40.2 Å². The zero-order chi connectivity index (χ0) is 13.3. The van der Waals surface area contributed by atoms with Gasteiger partial charge in [0.25, 0.3) is 0 Å². The van der Waals surface area contributed by atoms with E-state index < -0.39 is 0 Å². The van der Waals surface area contributed by atoms with E-state index in [9.17, 15) is 0 Å². The van der Waals surface area contributed by atoms with Gasteiger partial charge in [0.05, 0.1) is 5.52 Å². The van der Waals surface area contributed by atoms with Crippen LogP contribution in [0.25, 0.3) is 10.9 Å². The van der Waals surface area contributed by atoms with Crippen molar-refractivity contribution in [3.63, 3.8) is 0 Å². The second-order valence-electron chi connectivity index (χ2n) is 6.12. The van der Waals surface area contributed by atoms with Crippen LogP contribution < -0.4 is 5.73 Å². The summed E-state index contributed by atoms with van der Waals surface area (Å²) in [6.45, 7) is 8.64. The summed E-state index contributed by atoms with van der Waals surface area (Å²) in [6, 6.07) is 10.6. The number of para-hydroxylation sites is 1. The monoisotopic (exact) mass is 242 g/mol. The topological polar surface area (TPSA) is 38.9 Å². The average molecular weight is 242 g/mol. The number of benzene rings is 1. The molecule has 0 spiro atoms. The van der Waals surface area contributed by atoms with Gasteiger partial charge in [0.1, 0.15) is 0 Å². The van der Waals surface area contributed by atoms with Crippen LogP contribution in [0.4, 0.5) is 0 Å². The Morgan fingerprint density at radius 3 is 2.56 bits per heavy atom. The number of rotatable bonds is 2. The normalized spacial score (nSPS) is 13.8. The number of nitrogens with zero attached hydrogens (tertiary/aromatic N) is 1. The van der Waals surface area contributed by atoms with Crippen molar-refractivity contribution >= 4 is 10.9 Å². The van der Waals surface area contributed by atoms with E-state index >= 15 is 0 Å². The van der Waals surface area contributed by atoms with Crippen LogP contribution in [-0.4, -0.2) is 11.0 Å². The van der Waals surface area contributed by atoms with Crippen LogP contribution in [0.15, 0.2) is 30.3 Å². The standard InChI is InChI=1S/C16H22N2/c1-11-9-12-7-5-6-8-13(12)18-14(11)10-15(17)16(2,3)4/h5-9,15H,10,17H2,1-4H3. The Bertz CT molecular complexity index is 553. The highest BCUT2D eigenvalue weighted by atomic mass is 14.7. The van der Waals surface area contributed by atoms with Crippen molar-refractivity contribution in [1.29, 1.82) is 0 Å². The number of pyridine rings is 1. The summed E-state index contributed by atoms with van der Waals surface area (Å²) in [7, 11) is 0. The summed E-state index contributed by atoms with van der Waals surface area (Å²) in [4.78, 5) is 4.75. The Morgan fingerprint density at radius 1 is 1.22 bits per heavy atom. The summed E-state index contributed by atoms with van der Waals surface area (Å²) < 4.78 is 0. The molecule has 2 aromatic rings.